The highest BCUT2D eigenvalue weighted by molar-refractivity contribution is 6.29. The molecule has 14 heavy (non-hydrogen) atoms. The van der Waals surface area contributed by atoms with Gasteiger partial charge in [-0.1, -0.05) is 29.8 Å². The van der Waals surface area contributed by atoms with Crippen molar-refractivity contribution < 1.29 is 4.74 Å². The van der Waals surface area contributed by atoms with Gasteiger partial charge in [-0.15, -0.1) is 0 Å². The molecule has 0 radical (unpaired) electrons. The molecule has 0 aromatic heterocycles. The summed E-state index contributed by atoms with van der Waals surface area (Å²) in [5.74, 6) is 0.917. The van der Waals surface area contributed by atoms with Crippen LogP contribution in [-0.2, 0) is 0 Å². The minimum absolute atomic E-state index is 0.152. The summed E-state index contributed by atoms with van der Waals surface area (Å²) < 4.78 is 5.76. The van der Waals surface area contributed by atoms with E-state index in [1.165, 1.54) is 0 Å². The lowest BCUT2D eigenvalue weighted by atomic mass is 10.1. The molecule has 0 spiro atoms. The fourth-order valence-corrected chi connectivity index (χ4v) is 1.88. The highest BCUT2D eigenvalue weighted by Gasteiger charge is 2.13. The number of hydrogen-bond acceptors (Lipinski definition) is 1. The molecule has 0 fully saturated rings. The number of halogens is 1. The third-order valence-corrected chi connectivity index (χ3v) is 2.62. The topological polar surface area (TPSA) is 9.23 Å². The van der Waals surface area contributed by atoms with Crippen molar-refractivity contribution in [1.82, 2.24) is 0 Å². The van der Waals surface area contributed by atoms with Crippen molar-refractivity contribution in [3.05, 3.63) is 41.4 Å². The van der Waals surface area contributed by atoms with Crippen molar-refractivity contribution in [1.29, 1.82) is 0 Å². The molecule has 1 nitrogen and oxygen atoms in total. The van der Waals surface area contributed by atoms with Gasteiger partial charge in [0.2, 0.25) is 0 Å². The number of ether oxygens (including phenoxy) is 1. The van der Waals surface area contributed by atoms with Crippen LogP contribution in [0.15, 0.2) is 41.4 Å². The summed E-state index contributed by atoms with van der Waals surface area (Å²) in [4.78, 5) is 0. The zero-order valence-corrected chi connectivity index (χ0v) is 8.70. The average Bonchev–Trinajstić information content (AvgIpc) is 2.19. The molecule has 0 saturated heterocycles. The summed E-state index contributed by atoms with van der Waals surface area (Å²) >= 11 is 5.96. The van der Waals surface area contributed by atoms with Gasteiger partial charge in [0.15, 0.2) is 0 Å². The molecule has 2 rings (SSSR count). The van der Waals surface area contributed by atoms with Crippen LogP contribution in [0.3, 0.4) is 0 Å². The molecule has 1 aliphatic carbocycles. The van der Waals surface area contributed by atoms with Gasteiger partial charge in [-0.05, 0) is 37.5 Å². The maximum Gasteiger partial charge on any atom is 0.120 e. The van der Waals surface area contributed by atoms with Gasteiger partial charge in [-0.2, -0.15) is 0 Å². The van der Waals surface area contributed by atoms with E-state index in [0.29, 0.717) is 0 Å². The Morgan fingerprint density at radius 1 is 1.21 bits per heavy atom. The molecule has 2 heteroatoms. The van der Waals surface area contributed by atoms with E-state index in [1.807, 2.05) is 36.4 Å². The largest absolute Gasteiger partial charge is 0.486 e. The highest BCUT2D eigenvalue weighted by Crippen LogP contribution is 2.24. The Morgan fingerprint density at radius 3 is 2.71 bits per heavy atom. The fourth-order valence-electron chi connectivity index (χ4n) is 1.61. The summed E-state index contributed by atoms with van der Waals surface area (Å²) in [6.45, 7) is 0. The van der Waals surface area contributed by atoms with Gasteiger partial charge < -0.3 is 4.74 Å². The lowest BCUT2D eigenvalue weighted by Gasteiger charge is -2.19. The third kappa shape index (κ3) is 2.52. The number of rotatable bonds is 2. The van der Waals surface area contributed by atoms with Gasteiger partial charge in [0, 0.05) is 5.03 Å². The van der Waals surface area contributed by atoms with E-state index >= 15 is 0 Å². The molecule has 1 aromatic rings. The third-order valence-electron chi connectivity index (χ3n) is 2.30. The Morgan fingerprint density at radius 2 is 2.00 bits per heavy atom. The summed E-state index contributed by atoms with van der Waals surface area (Å²) in [6, 6.07) is 9.87. The zero-order valence-electron chi connectivity index (χ0n) is 7.95. The second kappa shape index (κ2) is 4.52. The monoisotopic (exact) mass is 208 g/mol. The maximum atomic E-state index is 5.96. The van der Waals surface area contributed by atoms with Gasteiger partial charge in [-0.3, -0.25) is 0 Å². The van der Waals surface area contributed by atoms with Gasteiger partial charge in [-0.25, -0.2) is 0 Å². The van der Waals surface area contributed by atoms with Crippen molar-refractivity contribution in [3.63, 3.8) is 0 Å². The Balaban J connectivity index is 2.01. The fraction of sp³-hybridized carbons (Fsp3) is 0.333. The number of para-hydroxylation sites is 1. The lowest BCUT2D eigenvalue weighted by molar-refractivity contribution is 0.229. The Hall–Kier alpha value is -0.950. The van der Waals surface area contributed by atoms with Crippen LogP contribution in [0.5, 0.6) is 5.75 Å². The van der Waals surface area contributed by atoms with E-state index in [2.05, 4.69) is 0 Å². The minimum Gasteiger partial charge on any atom is -0.486 e. The second-order valence-corrected chi connectivity index (χ2v) is 3.96. The molecule has 74 valence electrons. The Labute approximate surface area is 89.3 Å². The normalized spacial score (nSPS) is 21.5. The SMILES string of the molecule is ClC1=C[C@@H](Oc2ccccc2)CCC1. The van der Waals surface area contributed by atoms with E-state index in [9.17, 15) is 0 Å². The van der Waals surface area contributed by atoms with Crippen LogP contribution in [-0.4, -0.2) is 6.10 Å². The average molecular weight is 209 g/mol. The van der Waals surface area contributed by atoms with Crippen molar-refractivity contribution in [2.75, 3.05) is 0 Å². The molecule has 0 amide bonds. The number of benzene rings is 1. The van der Waals surface area contributed by atoms with E-state index in [0.717, 1.165) is 30.0 Å². The van der Waals surface area contributed by atoms with Crippen LogP contribution in [0, 0.1) is 0 Å². The van der Waals surface area contributed by atoms with E-state index in [1.54, 1.807) is 0 Å². The highest BCUT2D eigenvalue weighted by atomic mass is 35.5. The van der Waals surface area contributed by atoms with E-state index < -0.39 is 0 Å². The first kappa shape index (κ1) is 9.60. The quantitative estimate of drug-likeness (QED) is 0.720. The van der Waals surface area contributed by atoms with E-state index in [-0.39, 0.29) is 6.10 Å². The maximum absolute atomic E-state index is 5.96. The van der Waals surface area contributed by atoms with Crippen LogP contribution in [0.25, 0.3) is 0 Å². The Kier molecular flexibility index (Phi) is 3.10. The van der Waals surface area contributed by atoms with Crippen LogP contribution in [0.2, 0.25) is 0 Å². The van der Waals surface area contributed by atoms with Crippen molar-refractivity contribution in [2.24, 2.45) is 0 Å². The molecule has 0 bridgehead atoms. The molecule has 0 N–H and O–H groups in total. The van der Waals surface area contributed by atoms with Gasteiger partial charge in [0.1, 0.15) is 11.9 Å². The van der Waals surface area contributed by atoms with Crippen molar-refractivity contribution in [3.8, 4) is 5.75 Å². The lowest BCUT2D eigenvalue weighted by Crippen LogP contribution is -2.16. The molecule has 1 aromatic carbocycles. The first-order valence-electron chi connectivity index (χ1n) is 4.92. The van der Waals surface area contributed by atoms with Crippen molar-refractivity contribution in [2.45, 2.75) is 25.4 Å². The summed E-state index contributed by atoms with van der Waals surface area (Å²) in [6.07, 6.45) is 5.34. The molecular weight excluding hydrogens is 196 g/mol. The molecule has 0 unspecified atom stereocenters. The standard InChI is InChI=1S/C12H13ClO/c13-10-5-4-8-12(9-10)14-11-6-2-1-3-7-11/h1-3,6-7,9,12H,4-5,8H2/t12-/m0/s1. The van der Waals surface area contributed by atoms with E-state index in [4.69, 9.17) is 16.3 Å². The summed E-state index contributed by atoms with van der Waals surface area (Å²) in [5, 5.41) is 0.928. The van der Waals surface area contributed by atoms with Crippen LogP contribution in [0.4, 0.5) is 0 Å². The second-order valence-electron chi connectivity index (χ2n) is 3.48. The van der Waals surface area contributed by atoms with Gasteiger partial charge >= 0.3 is 0 Å². The summed E-state index contributed by atoms with van der Waals surface area (Å²) in [7, 11) is 0. The molecule has 0 saturated carbocycles. The number of allylic oxidation sites excluding steroid dienone is 1. The number of hydrogen-bond donors (Lipinski definition) is 0. The first-order chi connectivity index (χ1) is 6.84. The predicted molar refractivity (Wildman–Crippen MR) is 58.6 cm³/mol. The van der Waals surface area contributed by atoms with Crippen molar-refractivity contribution >= 4 is 11.6 Å². The smallest absolute Gasteiger partial charge is 0.120 e. The molecule has 1 atom stereocenters. The van der Waals surface area contributed by atoms with Gasteiger partial charge in [0.25, 0.3) is 0 Å². The first-order valence-corrected chi connectivity index (χ1v) is 5.30. The predicted octanol–water partition coefficient (Wildman–Crippen LogP) is 3.74. The molecule has 0 aliphatic heterocycles. The molecular formula is C12H13ClO. The van der Waals surface area contributed by atoms with Gasteiger partial charge in [0.05, 0.1) is 0 Å². The zero-order chi connectivity index (χ0) is 9.80. The Bertz CT molecular complexity index is 318. The van der Waals surface area contributed by atoms with Crippen LogP contribution < -0.4 is 4.74 Å². The molecule has 0 heterocycles. The van der Waals surface area contributed by atoms with Crippen LogP contribution in [0.1, 0.15) is 19.3 Å². The molecule has 1 aliphatic rings. The van der Waals surface area contributed by atoms with Crippen LogP contribution >= 0.6 is 11.6 Å². The minimum atomic E-state index is 0.152. The summed E-state index contributed by atoms with van der Waals surface area (Å²) in [5.41, 5.74) is 0.